The summed E-state index contributed by atoms with van der Waals surface area (Å²) in [5.41, 5.74) is 0.221. The third-order valence-corrected chi connectivity index (χ3v) is 4.19. The van der Waals surface area contributed by atoms with Gasteiger partial charge in [0.1, 0.15) is 12.4 Å². The van der Waals surface area contributed by atoms with Crippen LogP contribution in [0.5, 0.6) is 0 Å². The lowest BCUT2D eigenvalue weighted by molar-refractivity contribution is -0.385. The van der Waals surface area contributed by atoms with Gasteiger partial charge in [-0.05, 0) is 17.7 Å². The highest BCUT2D eigenvalue weighted by Gasteiger charge is 2.12. The minimum atomic E-state index is -0.624. The van der Waals surface area contributed by atoms with E-state index in [0.29, 0.717) is 12.4 Å². The molecule has 0 unspecified atom stereocenters. The number of carbonyl (C=O) groups is 1. The van der Waals surface area contributed by atoms with Gasteiger partial charge in [-0.15, -0.1) is 0 Å². The molecule has 27 heavy (non-hydrogen) atoms. The second-order valence-corrected chi connectivity index (χ2v) is 6.58. The molecule has 0 atom stereocenters. The van der Waals surface area contributed by atoms with Crippen molar-refractivity contribution < 1.29 is 9.72 Å². The molecular weight excluding hydrogens is 418 g/mol. The molecule has 0 saturated heterocycles. The largest absolute Gasteiger partial charge is 0.309 e. The zero-order chi connectivity index (χ0) is 19.4. The van der Waals surface area contributed by atoms with Gasteiger partial charge < -0.3 is 5.32 Å². The molecule has 0 bridgehead atoms. The summed E-state index contributed by atoms with van der Waals surface area (Å²) in [6, 6.07) is 11.5. The first-order valence-electron chi connectivity index (χ1n) is 7.83. The van der Waals surface area contributed by atoms with Gasteiger partial charge in [-0.2, -0.15) is 5.10 Å². The first-order valence-corrected chi connectivity index (χ1v) is 8.62. The molecule has 138 valence electrons. The molecule has 1 N–H and O–H groups in total. The number of carbonyl (C=O) groups excluding carboxylic acids is 1. The van der Waals surface area contributed by atoms with Gasteiger partial charge in [0.2, 0.25) is 5.91 Å². The maximum atomic E-state index is 12.3. The van der Waals surface area contributed by atoms with Crippen molar-refractivity contribution in [3.63, 3.8) is 0 Å². The average molecular weight is 432 g/mol. The van der Waals surface area contributed by atoms with Crippen LogP contribution in [0.2, 0.25) is 0 Å². The number of nitrogens with zero attached hydrogens (tertiary/aromatic N) is 4. The normalized spacial score (nSPS) is 10.6. The molecule has 0 fully saturated rings. The number of halogens is 1. The molecule has 2 aromatic heterocycles. The van der Waals surface area contributed by atoms with E-state index in [1.54, 1.807) is 16.9 Å². The predicted octanol–water partition coefficient (Wildman–Crippen LogP) is 2.40. The number of rotatable bonds is 6. The van der Waals surface area contributed by atoms with Crippen molar-refractivity contribution >= 4 is 33.3 Å². The number of nitrogens with one attached hydrogen (secondary N) is 1. The fourth-order valence-electron chi connectivity index (χ4n) is 2.46. The minimum absolute atomic E-state index is 0.262. The molecule has 0 radical (unpaired) electrons. The highest BCUT2D eigenvalue weighted by Crippen LogP contribution is 2.15. The van der Waals surface area contributed by atoms with Crippen LogP contribution in [-0.4, -0.2) is 25.2 Å². The molecule has 3 rings (SSSR count). The van der Waals surface area contributed by atoms with Crippen LogP contribution >= 0.6 is 15.9 Å². The average Bonchev–Trinajstić information content (AvgIpc) is 3.03. The van der Waals surface area contributed by atoms with E-state index in [9.17, 15) is 19.7 Å². The maximum absolute atomic E-state index is 12.3. The first kappa shape index (κ1) is 18.5. The number of nitro groups is 1. The molecular formula is C17H14BrN5O4. The number of aromatic nitrogens is 3. The van der Waals surface area contributed by atoms with Gasteiger partial charge in [-0.3, -0.25) is 24.3 Å². The van der Waals surface area contributed by atoms with Crippen LogP contribution in [0.1, 0.15) is 5.56 Å². The number of hydrogen-bond donors (Lipinski definition) is 1. The standard InChI is InChI=1S/C17H14BrN5O4/c18-13-3-1-2-12(8-13)9-22-15(6-7-19-22)20-16(24)11-21-10-14(23(26)27)4-5-17(21)25/h1-8,10H,9,11H2,(H,20,24). The summed E-state index contributed by atoms with van der Waals surface area (Å²) in [6.45, 7) is 0.0986. The summed E-state index contributed by atoms with van der Waals surface area (Å²) in [7, 11) is 0. The molecule has 0 saturated carbocycles. The van der Waals surface area contributed by atoms with E-state index in [-0.39, 0.29) is 12.2 Å². The number of pyridine rings is 1. The van der Waals surface area contributed by atoms with Crippen molar-refractivity contribution in [1.29, 1.82) is 0 Å². The summed E-state index contributed by atoms with van der Waals surface area (Å²) in [5, 5.41) is 17.7. The van der Waals surface area contributed by atoms with E-state index >= 15 is 0 Å². The SMILES string of the molecule is O=C(Cn1cc([N+](=O)[O-])ccc1=O)Nc1ccnn1Cc1cccc(Br)c1. The Morgan fingerprint density at radius 2 is 2.07 bits per heavy atom. The van der Waals surface area contributed by atoms with Crippen molar-refractivity contribution in [1.82, 2.24) is 14.3 Å². The van der Waals surface area contributed by atoms with Crippen molar-refractivity contribution in [3.8, 4) is 0 Å². The number of benzene rings is 1. The number of hydrogen-bond acceptors (Lipinski definition) is 5. The third kappa shape index (κ3) is 4.67. The molecule has 0 aliphatic carbocycles. The van der Waals surface area contributed by atoms with E-state index < -0.39 is 16.4 Å². The fourth-order valence-corrected chi connectivity index (χ4v) is 2.91. The molecule has 0 aliphatic heterocycles. The Kier molecular flexibility index (Phi) is 5.46. The van der Waals surface area contributed by atoms with E-state index in [2.05, 4.69) is 26.3 Å². The number of anilines is 1. The highest BCUT2D eigenvalue weighted by molar-refractivity contribution is 9.10. The Bertz CT molecular complexity index is 1060. The van der Waals surface area contributed by atoms with Crippen LogP contribution in [-0.2, 0) is 17.9 Å². The van der Waals surface area contributed by atoms with Crippen LogP contribution in [0.15, 0.2) is 64.1 Å². The summed E-state index contributed by atoms with van der Waals surface area (Å²) in [6.07, 6.45) is 2.59. The zero-order valence-corrected chi connectivity index (χ0v) is 15.5. The summed E-state index contributed by atoms with van der Waals surface area (Å²) in [5.74, 6) is -0.0351. The van der Waals surface area contributed by atoms with E-state index in [1.807, 2.05) is 24.3 Å². The summed E-state index contributed by atoms with van der Waals surface area (Å²) >= 11 is 3.41. The van der Waals surface area contributed by atoms with Crippen LogP contribution in [0.25, 0.3) is 0 Å². The Morgan fingerprint density at radius 3 is 2.81 bits per heavy atom. The zero-order valence-electron chi connectivity index (χ0n) is 13.9. The highest BCUT2D eigenvalue weighted by atomic mass is 79.9. The predicted molar refractivity (Wildman–Crippen MR) is 101 cm³/mol. The van der Waals surface area contributed by atoms with E-state index in [0.717, 1.165) is 32.9 Å². The molecule has 0 aliphatic rings. The lowest BCUT2D eigenvalue weighted by Gasteiger charge is -2.10. The van der Waals surface area contributed by atoms with Gasteiger partial charge in [0, 0.05) is 22.7 Å². The topological polar surface area (TPSA) is 112 Å². The summed E-state index contributed by atoms with van der Waals surface area (Å²) in [4.78, 5) is 34.3. The van der Waals surface area contributed by atoms with Gasteiger partial charge >= 0.3 is 0 Å². The van der Waals surface area contributed by atoms with Crippen molar-refractivity contribution in [3.05, 3.63) is 85.4 Å². The lowest BCUT2D eigenvalue weighted by Crippen LogP contribution is -2.27. The molecule has 0 spiro atoms. The maximum Gasteiger partial charge on any atom is 0.285 e. The van der Waals surface area contributed by atoms with Crippen LogP contribution in [0.3, 0.4) is 0 Å². The molecule has 1 aromatic carbocycles. The smallest absolute Gasteiger partial charge is 0.285 e. The van der Waals surface area contributed by atoms with Crippen molar-refractivity contribution in [2.75, 3.05) is 5.32 Å². The van der Waals surface area contributed by atoms with Crippen molar-refractivity contribution in [2.24, 2.45) is 0 Å². The molecule has 10 heteroatoms. The van der Waals surface area contributed by atoms with Gasteiger partial charge in [0.15, 0.2) is 0 Å². The molecule has 9 nitrogen and oxygen atoms in total. The monoisotopic (exact) mass is 431 g/mol. The van der Waals surface area contributed by atoms with E-state index in [4.69, 9.17) is 0 Å². The van der Waals surface area contributed by atoms with E-state index in [1.165, 1.54) is 0 Å². The molecule has 2 heterocycles. The first-order chi connectivity index (χ1) is 12.9. The quantitative estimate of drug-likeness (QED) is 0.475. The van der Waals surface area contributed by atoms with Gasteiger partial charge in [0.25, 0.3) is 11.2 Å². The molecule has 3 aromatic rings. The Balaban J connectivity index is 1.72. The Labute approximate surface area is 161 Å². The third-order valence-electron chi connectivity index (χ3n) is 3.70. The van der Waals surface area contributed by atoms with Crippen molar-refractivity contribution in [2.45, 2.75) is 13.1 Å². The lowest BCUT2D eigenvalue weighted by atomic mass is 10.2. The fraction of sp³-hybridized carbons (Fsp3) is 0.118. The van der Waals surface area contributed by atoms with Gasteiger partial charge in [-0.25, -0.2) is 4.68 Å². The Morgan fingerprint density at radius 1 is 1.26 bits per heavy atom. The number of amides is 1. The second-order valence-electron chi connectivity index (χ2n) is 5.66. The Hall–Kier alpha value is -3.27. The van der Waals surface area contributed by atoms with Gasteiger partial charge in [0.05, 0.1) is 23.9 Å². The van der Waals surface area contributed by atoms with Gasteiger partial charge in [-0.1, -0.05) is 28.1 Å². The minimum Gasteiger partial charge on any atom is -0.309 e. The second kappa shape index (κ2) is 7.96. The van der Waals surface area contributed by atoms with Crippen LogP contribution < -0.4 is 10.9 Å². The van der Waals surface area contributed by atoms with Crippen LogP contribution in [0, 0.1) is 10.1 Å². The molecule has 1 amide bonds. The van der Waals surface area contributed by atoms with Crippen LogP contribution in [0.4, 0.5) is 11.5 Å². The summed E-state index contributed by atoms with van der Waals surface area (Å²) < 4.78 is 3.53.